The number of nitrogens with one attached hydrogen (secondary N) is 1. The maximum absolute atomic E-state index is 5.45. The Morgan fingerprint density at radius 1 is 1.22 bits per heavy atom. The second kappa shape index (κ2) is 12.3. The van der Waals surface area contributed by atoms with E-state index < -0.39 is 0 Å². The maximum Gasteiger partial charge on any atom is 0.193 e. The molecule has 6 nitrogen and oxygen atoms in total. The summed E-state index contributed by atoms with van der Waals surface area (Å²) in [5.74, 6) is 2.60. The van der Waals surface area contributed by atoms with Crippen LogP contribution < -0.4 is 14.8 Å². The molecule has 0 aromatic heterocycles. The predicted octanol–water partition coefficient (Wildman–Crippen LogP) is 2.99. The molecule has 0 saturated heterocycles. The largest absolute Gasteiger partial charge is 0.493 e. The van der Waals surface area contributed by atoms with Gasteiger partial charge in [-0.15, -0.1) is 24.0 Å². The number of methoxy groups -OCH3 is 2. The van der Waals surface area contributed by atoms with Gasteiger partial charge in [0.15, 0.2) is 17.5 Å². The first-order valence-corrected chi connectivity index (χ1v) is 9.50. The highest BCUT2D eigenvalue weighted by Gasteiger charge is 2.19. The third kappa shape index (κ3) is 6.71. The molecule has 1 aromatic carbocycles. The molecule has 0 spiro atoms. The highest BCUT2D eigenvalue weighted by Crippen LogP contribution is 2.33. The van der Waals surface area contributed by atoms with Crippen LogP contribution in [0.3, 0.4) is 0 Å². The molecule has 154 valence electrons. The number of nitrogens with zero attached hydrogens (tertiary/aromatic N) is 3. The molecule has 27 heavy (non-hydrogen) atoms. The zero-order chi connectivity index (χ0) is 18.9. The number of hydrogen-bond acceptors (Lipinski definition) is 4. The summed E-state index contributed by atoms with van der Waals surface area (Å²) in [6.07, 6.45) is 3.43. The normalized spacial score (nSPS) is 14.2. The molecule has 0 amide bonds. The molecule has 1 aromatic rings. The van der Waals surface area contributed by atoms with Gasteiger partial charge >= 0.3 is 0 Å². The third-order valence-electron chi connectivity index (χ3n) is 4.93. The van der Waals surface area contributed by atoms with E-state index in [9.17, 15) is 0 Å². The highest BCUT2D eigenvalue weighted by atomic mass is 127. The molecule has 0 atom stereocenters. The Morgan fingerprint density at radius 3 is 2.48 bits per heavy atom. The number of benzene rings is 1. The lowest BCUT2D eigenvalue weighted by Gasteiger charge is -2.30. The zero-order valence-electron chi connectivity index (χ0n) is 17.4. The molecule has 0 fully saturated rings. The van der Waals surface area contributed by atoms with E-state index in [1.165, 1.54) is 24.0 Å². The van der Waals surface area contributed by atoms with Crippen LogP contribution >= 0.6 is 24.0 Å². The number of unbranched alkanes of at least 4 members (excludes halogenated alkanes) is 1. The minimum Gasteiger partial charge on any atom is -0.493 e. The Morgan fingerprint density at radius 2 is 1.89 bits per heavy atom. The van der Waals surface area contributed by atoms with Gasteiger partial charge in [0, 0.05) is 46.8 Å². The summed E-state index contributed by atoms with van der Waals surface area (Å²) >= 11 is 0. The fraction of sp³-hybridized carbons (Fsp3) is 0.650. The number of hydrogen-bond donors (Lipinski definition) is 1. The third-order valence-corrected chi connectivity index (χ3v) is 4.93. The lowest BCUT2D eigenvalue weighted by molar-refractivity contribution is 0.255. The summed E-state index contributed by atoms with van der Waals surface area (Å²) in [5.41, 5.74) is 2.69. The van der Waals surface area contributed by atoms with E-state index >= 15 is 0 Å². The van der Waals surface area contributed by atoms with Crippen molar-refractivity contribution in [2.45, 2.75) is 32.7 Å². The smallest absolute Gasteiger partial charge is 0.193 e. The van der Waals surface area contributed by atoms with Gasteiger partial charge in [-0.05, 0) is 36.1 Å². The van der Waals surface area contributed by atoms with Crippen molar-refractivity contribution in [1.29, 1.82) is 0 Å². The standard InChI is InChI=1S/C20H34N4O2.HI/c1-6-7-10-23(3)20(21-2)22-9-12-24-11-8-16-13-18(25-4)19(26-5)14-17(16)15-24;/h13-14H,6-12,15H2,1-5H3,(H,21,22);1H. The van der Waals surface area contributed by atoms with Gasteiger partial charge in [-0.3, -0.25) is 9.89 Å². The van der Waals surface area contributed by atoms with Crippen LogP contribution in [0, 0.1) is 0 Å². The molecular formula is C20H35IN4O2. The van der Waals surface area contributed by atoms with E-state index in [0.29, 0.717) is 0 Å². The average Bonchev–Trinajstić information content (AvgIpc) is 2.68. The van der Waals surface area contributed by atoms with Crippen molar-refractivity contribution in [3.8, 4) is 11.5 Å². The minimum absolute atomic E-state index is 0. The summed E-state index contributed by atoms with van der Waals surface area (Å²) in [7, 11) is 7.33. The number of rotatable bonds is 8. The molecular weight excluding hydrogens is 455 g/mol. The molecule has 0 saturated carbocycles. The number of aliphatic imine (C=N–C) groups is 1. The van der Waals surface area contributed by atoms with Gasteiger partial charge in [-0.1, -0.05) is 13.3 Å². The first kappa shape index (κ1) is 23.8. The van der Waals surface area contributed by atoms with Gasteiger partial charge in [-0.2, -0.15) is 0 Å². The van der Waals surface area contributed by atoms with E-state index in [1.807, 2.05) is 7.05 Å². The SMILES string of the molecule is CCCCN(C)C(=NC)NCCN1CCc2cc(OC)c(OC)cc2C1.I. The van der Waals surface area contributed by atoms with E-state index in [0.717, 1.165) is 56.6 Å². The molecule has 0 radical (unpaired) electrons. The lowest BCUT2D eigenvalue weighted by atomic mass is 9.99. The fourth-order valence-corrected chi connectivity index (χ4v) is 3.34. The Kier molecular flexibility index (Phi) is 10.8. The molecule has 0 unspecified atom stereocenters. The summed E-state index contributed by atoms with van der Waals surface area (Å²) in [6, 6.07) is 4.24. The van der Waals surface area contributed by atoms with Gasteiger partial charge in [0.2, 0.25) is 0 Å². The quantitative estimate of drug-likeness (QED) is 0.345. The maximum atomic E-state index is 5.45. The molecule has 0 aliphatic carbocycles. The van der Waals surface area contributed by atoms with Crippen LogP contribution in [-0.4, -0.2) is 70.3 Å². The summed E-state index contributed by atoms with van der Waals surface area (Å²) in [6.45, 7) is 7.15. The number of guanidine groups is 1. The lowest BCUT2D eigenvalue weighted by Crippen LogP contribution is -2.43. The van der Waals surface area contributed by atoms with Crippen molar-refractivity contribution in [3.63, 3.8) is 0 Å². The van der Waals surface area contributed by atoms with E-state index in [2.05, 4.69) is 46.2 Å². The summed E-state index contributed by atoms with van der Waals surface area (Å²) in [4.78, 5) is 9.06. The van der Waals surface area contributed by atoms with Gasteiger partial charge in [-0.25, -0.2) is 0 Å². The van der Waals surface area contributed by atoms with Crippen molar-refractivity contribution < 1.29 is 9.47 Å². The predicted molar refractivity (Wildman–Crippen MR) is 123 cm³/mol. The molecule has 1 heterocycles. The van der Waals surface area contributed by atoms with E-state index in [-0.39, 0.29) is 24.0 Å². The zero-order valence-corrected chi connectivity index (χ0v) is 19.7. The van der Waals surface area contributed by atoms with Gasteiger partial charge in [0.25, 0.3) is 0 Å². The van der Waals surface area contributed by atoms with Crippen molar-refractivity contribution in [1.82, 2.24) is 15.1 Å². The first-order chi connectivity index (χ1) is 12.6. The molecule has 1 aliphatic heterocycles. The summed E-state index contributed by atoms with van der Waals surface area (Å²) in [5, 5.41) is 3.48. The Balaban J connectivity index is 0.00000364. The monoisotopic (exact) mass is 490 g/mol. The first-order valence-electron chi connectivity index (χ1n) is 9.50. The van der Waals surface area contributed by atoms with Crippen LogP contribution in [0.1, 0.15) is 30.9 Å². The second-order valence-electron chi connectivity index (χ2n) is 6.75. The Labute approximate surface area is 181 Å². The summed E-state index contributed by atoms with van der Waals surface area (Å²) < 4.78 is 10.9. The topological polar surface area (TPSA) is 49.3 Å². The molecule has 2 rings (SSSR count). The van der Waals surface area contributed by atoms with Crippen LogP contribution in [-0.2, 0) is 13.0 Å². The number of fused-ring (bicyclic) bond motifs is 1. The molecule has 0 bridgehead atoms. The van der Waals surface area contributed by atoms with Crippen molar-refractivity contribution >= 4 is 29.9 Å². The molecule has 1 aliphatic rings. The van der Waals surface area contributed by atoms with Crippen LogP contribution in [0.4, 0.5) is 0 Å². The Bertz CT molecular complexity index is 610. The molecule has 1 N–H and O–H groups in total. The van der Waals surface area contributed by atoms with Crippen LogP contribution in [0.15, 0.2) is 17.1 Å². The second-order valence-corrected chi connectivity index (χ2v) is 6.75. The molecule has 7 heteroatoms. The number of ether oxygens (including phenoxy) is 2. The van der Waals surface area contributed by atoms with Gasteiger partial charge < -0.3 is 19.7 Å². The van der Waals surface area contributed by atoms with Crippen LogP contribution in [0.5, 0.6) is 11.5 Å². The fourth-order valence-electron chi connectivity index (χ4n) is 3.34. The van der Waals surface area contributed by atoms with Crippen molar-refractivity contribution in [3.05, 3.63) is 23.3 Å². The van der Waals surface area contributed by atoms with Crippen molar-refractivity contribution in [2.75, 3.05) is 54.5 Å². The van der Waals surface area contributed by atoms with Gasteiger partial charge in [0.05, 0.1) is 14.2 Å². The van der Waals surface area contributed by atoms with Gasteiger partial charge in [0.1, 0.15) is 0 Å². The van der Waals surface area contributed by atoms with E-state index in [4.69, 9.17) is 9.47 Å². The van der Waals surface area contributed by atoms with Crippen LogP contribution in [0.2, 0.25) is 0 Å². The highest BCUT2D eigenvalue weighted by molar-refractivity contribution is 14.0. The number of halogens is 1. The minimum atomic E-state index is 0. The average molecular weight is 490 g/mol. The van der Waals surface area contributed by atoms with Crippen LogP contribution in [0.25, 0.3) is 0 Å². The Hall–Kier alpha value is -1.22. The van der Waals surface area contributed by atoms with Crippen molar-refractivity contribution in [2.24, 2.45) is 4.99 Å². The van der Waals surface area contributed by atoms with E-state index in [1.54, 1.807) is 14.2 Å².